The van der Waals surface area contributed by atoms with E-state index >= 15 is 0 Å². The molecule has 0 fully saturated rings. The van der Waals surface area contributed by atoms with Crippen molar-refractivity contribution in [1.82, 2.24) is 20.1 Å². The van der Waals surface area contributed by atoms with Crippen molar-refractivity contribution in [1.29, 1.82) is 0 Å². The number of hydrogen-bond donors (Lipinski definition) is 1. The minimum Gasteiger partial charge on any atom is -0.348 e. The van der Waals surface area contributed by atoms with Crippen molar-refractivity contribution in [3.63, 3.8) is 0 Å². The number of hydrogen-bond acceptors (Lipinski definition) is 4. The van der Waals surface area contributed by atoms with E-state index in [1.807, 2.05) is 31.1 Å². The summed E-state index contributed by atoms with van der Waals surface area (Å²) in [5, 5.41) is 2.65. The van der Waals surface area contributed by atoms with Crippen molar-refractivity contribution >= 4 is 11.8 Å². The lowest BCUT2D eigenvalue weighted by atomic mass is 10.2. The van der Waals surface area contributed by atoms with Crippen LogP contribution in [0, 0.1) is 0 Å². The van der Waals surface area contributed by atoms with E-state index in [-0.39, 0.29) is 0 Å². The first-order valence-electron chi connectivity index (χ1n) is 7.07. The van der Waals surface area contributed by atoms with E-state index in [1.54, 1.807) is 19.4 Å². The van der Waals surface area contributed by atoms with Gasteiger partial charge in [-0.15, -0.1) is 0 Å². The van der Waals surface area contributed by atoms with Crippen LogP contribution in [0.15, 0.2) is 24.5 Å². The van der Waals surface area contributed by atoms with Gasteiger partial charge in [-0.05, 0) is 51.2 Å². The zero-order chi connectivity index (χ0) is 15.7. The van der Waals surface area contributed by atoms with Crippen LogP contribution >= 0.6 is 0 Å². The van der Waals surface area contributed by atoms with Gasteiger partial charge in [0.25, 0.3) is 0 Å². The van der Waals surface area contributed by atoms with E-state index in [1.165, 1.54) is 4.90 Å². The zero-order valence-electron chi connectivity index (χ0n) is 13.0. The molecule has 1 aromatic rings. The van der Waals surface area contributed by atoms with Crippen LogP contribution in [0.5, 0.6) is 0 Å². The maximum absolute atomic E-state index is 11.9. The van der Waals surface area contributed by atoms with Gasteiger partial charge in [-0.3, -0.25) is 14.6 Å². The topological polar surface area (TPSA) is 65.5 Å². The molecule has 1 aromatic heterocycles. The van der Waals surface area contributed by atoms with Crippen LogP contribution in [0.25, 0.3) is 0 Å². The number of carbonyl (C=O) groups is 2. The van der Waals surface area contributed by atoms with Crippen LogP contribution < -0.4 is 5.32 Å². The summed E-state index contributed by atoms with van der Waals surface area (Å²) in [6.07, 6.45) is 4.97. The highest BCUT2D eigenvalue weighted by atomic mass is 16.2. The molecule has 0 aromatic carbocycles. The Morgan fingerprint density at radius 1 is 1.14 bits per heavy atom. The largest absolute Gasteiger partial charge is 0.348 e. The van der Waals surface area contributed by atoms with Crippen LogP contribution in [-0.4, -0.2) is 67.4 Å². The summed E-state index contributed by atoms with van der Waals surface area (Å²) < 4.78 is 0. The van der Waals surface area contributed by atoms with Gasteiger partial charge < -0.3 is 15.1 Å². The minimum atomic E-state index is -0.536. The predicted molar refractivity (Wildman–Crippen MR) is 81.8 cm³/mol. The van der Waals surface area contributed by atoms with Gasteiger partial charge >= 0.3 is 11.8 Å². The number of nitrogens with zero attached hydrogens (tertiary/aromatic N) is 3. The maximum atomic E-state index is 11.9. The standard InChI is InChI=1S/C15H24N4O2/c1-18(2)11-4-8-17-14(20)15(21)19(3)12-7-13-5-9-16-10-6-13/h5-6,9-10H,4,7-8,11-12H2,1-3H3,(H,17,20). The van der Waals surface area contributed by atoms with Gasteiger partial charge in [0.2, 0.25) is 0 Å². The Bertz CT molecular complexity index is 448. The molecule has 0 aliphatic carbocycles. The predicted octanol–water partition coefficient (Wildman–Crippen LogP) is 0.150. The van der Waals surface area contributed by atoms with Crippen molar-refractivity contribution in [2.75, 3.05) is 40.8 Å². The first-order valence-corrected chi connectivity index (χ1v) is 7.07. The Kier molecular flexibility index (Phi) is 7.39. The second-order valence-corrected chi connectivity index (χ2v) is 5.24. The molecule has 0 saturated heterocycles. The van der Waals surface area contributed by atoms with E-state index in [4.69, 9.17) is 0 Å². The van der Waals surface area contributed by atoms with Crippen molar-refractivity contribution in [2.24, 2.45) is 0 Å². The third kappa shape index (κ3) is 6.85. The summed E-state index contributed by atoms with van der Waals surface area (Å²) in [6, 6.07) is 3.80. The average molecular weight is 292 g/mol. The molecule has 0 radical (unpaired) electrons. The fourth-order valence-electron chi connectivity index (χ4n) is 1.79. The molecule has 0 atom stereocenters. The van der Waals surface area contributed by atoms with Crippen LogP contribution in [0.1, 0.15) is 12.0 Å². The zero-order valence-corrected chi connectivity index (χ0v) is 13.0. The van der Waals surface area contributed by atoms with Crippen molar-refractivity contribution in [2.45, 2.75) is 12.8 Å². The highest BCUT2D eigenvalue weighted by Gasteiger charge is 2.17. The normalized spacial score (nSPS) is 10.5. The van der Waals surface area contributed by atoms with Gasteiger partial charge in [0.1, 0.15) is 0 Å². The lowest BCUT2D eigenvalue weighted by Gasteiger charge is -2.17. The fourth-order valence-corrected chi connectivity index (χ4v) is 1.79. The summed E-state index contributed by atoms with van der Waals surface area (Å²) in [6.45, 7) is 1.90. The molecule has 1 rings (SSSR count). The summed E-state index contributed by atoms with van der Waals surface area (Å²) in [4.78, 5) is 31.0. The molecule has 6 nitrogen and oxygen atoms in total. The highest BCUT2D eigenvalue weighted by Crippen LogP contribution is 1.99. The van der Waals surface area contributed by atoms with Crippen LogP contribution in [-0.2, 0) is 16.0 Å². The first kappa shape index (κ1) is 17.1. The molecule has 0 aliphatic heterocycles. The summed E-state index contributed by atoms with van der Waals surface area (Å²) in [5.41, 5.74) is 1.09. The Morgan fingerprint density at radius 2 is 1.81 bits per heavy atom. The number of pyridine rings is 1. The second kappa shape index (κ2) is 9.07. The third-order valence-corrected chi connectivity index (χ3v) is 3.09. The van der Waals surface area contributed by atoms with Gasteiger partial charge in [0.15, 0.2) is 0 Å². The molecule has 0 aliphatic rings. The summed E-state index contributed by atoms with van der Waals surface area (Å²) in [5.74, 6) is -1.03. The van der Waals surface area contributed by atoms with Crippen molar-refractivity contribution in [3.05, 3.63) is 30.1 Å². The number of nitrogens with one attached hydrogen (secondary N) is 1. The molecule has 1 N–H and O–H groups in total. The Morgan fingerprint density at radius 3 is 2.43 bits per heavy atom. The minimum absolute atomic E-state index is 0.492. The van der Waals surface area contributed by atoms with E-state index in [2.05, 4.69) is 10.3 Å². The molecule has 6 heteroatoms. The average Bonchev–Trinajstić information content (AvgIpc) is 2.49. The molecule has 21 heavy (non-hydrogen) atoms. The Balaban J connectivity index is 2.27. The molecule has 0 unspecified atom stereocenters. The Hall–Kier alpha value is -1.95. The highest BCUT2D eigenvalue weighted by molar-refractivity contribution is 6.34. The molecule has 0 spiro atoms. The van der Waals surface area contributed by atoms with E-state index in [9.17, 15) is 9.59 Å². The van der Waals surface area contributed by atoms with Crippen molar-refractivity contribution in [3.8, 4) is 0 Å². The maximum Gasteiger partial charge on any atom is 0.311 e. The number of aromatic nitrogens is 1. The van der Waals surface area contributed by atoms with Gasteiger partial charge in [0.05, 0.1) is 0 Å². The van der Waals surface area contributed by atoms with Crippen LogP contribution in [0.3, 0.4) is 0 Å². The number of rotatable bonds is 7. The first-order chi connectivity index (χ1) is 10.0. The fraction of sp³-hybridized carbons (Fsp3) is 0.533. The lowest BCUT2D eigenvalue weighted by Crippen LogP contribution is -2.42. The quantitative estimate of drug-likeness (QED) is 0.574. The second-order valence-electron chi connectivity index (χ2n) is 5.24. The van der Waals surface area contributed by atoms with Gasteiger partial charge in [-0.25, -0.2) is 0 Å². The molecular formula is C15H24N4O2. The molecule has 116 valence electrons. The molecular weight excluding hydrogens is 268 g/mol. The smallest absolute Gasteiger partial charge is 0.311 e. The summed E-state index contributed by atoms with van der Waals surface area (Å²) >= 11 is 0. The van der Waals surface area contributed by atoms with Gasteiger partial charge in [-0.1, -0.05) is 0 Å². The monoisotopic (exact) mass is 292 g/mol. The van der Waals surface area contributed by atoms with Crippen LogP contribution in [0.2, 0.25) is 0 Å². The number of likely N-dealkylation sites (N-methyl/N-ethyl adjacent to an activating group) is 1. The third-order valence-electron chi connectivity index (χ3n) is 3.09. The number of carbonyl (C=O) groups excluding carboxylic acids is 2. The van der Waals surface area contributed by atoms with Gasteiger partial charge in [-0.2, -0.15) is 0 Å². The van der Waals surface area contributed by atoms with E-state index < -0.39 is 11.8 Å². The SMILES string of the molecule is CN(C)CCCNC(=O)C(=O)N(C)CCc1ccncc1. The van der Waals surface area contributed by atoms with Crippen molar-refractivity contribution < 1.29 is 9.59 Å². The molecule has 0 bridgehead atoms. The molecule has 1 heterocycles. The molecule has 0 saturated carbocycles. The van der Waals surface area contributed by atoms with E-state index in [0.717, 1.165) is 18.5 Å². The summed E-state index contributed by atoms with van der Waals surface area (Å²) in [7, 11) is 5.59. The Labute approximate surface area is 126 Å². The molecule has 2 amide bonds. The van der Waals surface area contributed by atoms with Crippen LogP contribution in [0.4, 0.5) is 0 Å². The number of amides is 2. The van der Waals surface area contributed by atoms with Gasteiger partial charge in [0, 0.05) is 32.5 Å². The van der Waals surface area contributed by atoms with E-state index in [0.29, 0.717) is 19.5 Å². The lowest BCUT2D eigenvalue weighted by molar-refractivity contribution is -0.144.